The van der Waals surface area contributed by atoms with Crippen LogP contribution in [0.2, 0.25) is 5.02 Å². The lowest BCUT2D eigenvalue weighted by molar-refractivity contribution is -0.138. The van der Waals surface area contributed by atoms with E-state index in [0.29, 0.717) is 23.1 Å². The first-order valence-electron chi connectivity index (χ1n) is 6.36. The number of amides is 1. The predicted molar refractivity (Wildman–Crippen MR) is 77.3 cm³/mol. The minimum atomic E-state index is -0.914. The van der Waals surface area contributed by atoms with Gasteiger partial charge in [0.15, 0.2) is 0 Å². The number of carboxylic acids is 1. The number of hydrogen-bond donors (Lipinski definition) is 2. The number of halogens is 1. The van der Waals surface area contributed by atoms with Crippen LogP contribution in [-0.4, -0.2) is 23.6 Å². The van der Waals surface area contributed by atoms with Gasteiger partial charge in [0.05, 0.1) is 12.3 Å². The van der Waals surface area contributed by atoms with Crippen molar-refractivity contribution < 1.29 is 19.4 Å². The molecule has 0 fully saturated rings. The molecule has 0 heterocycles. The van der Waals surface area contributed by atoms with Gasteiger partial charge in [-0.25, -0.2) is 0 Å². The Morgan fingerprint density at radius 3 is 2.70 bits per heavy atom. The van der Waals surface area contributed by atoms with Crippen molar-refractivity contribution in [1.82, 2.24) is 0 Å². The van der Waals surface area contributed by atoms with Crippen LogP contribution >= 0.6 is 11.6 Å². The number of carbonyl (C=O) groups excluding carboxylic acids is 1. The van der Waals surface area contributed by atoms with Crippen molar-refractivity contribution in [1.29, 1.82) is 0 Å². The largest absolute Gasteiger partial charge is 0.492 e. The van der Waals surface area contributed by atoms with E-state index in [1.807, 2.05) is 6.92 Å². The van der Waals surface area contributed by atoms with E-state index in [-0.39, 0.29) is 24.7 Å². The molecule has 0 spiro atoms. The van der Waals surface area contributed by atoms with Gasteiger partial charge in [-0.3, -0.25) is 9.59 Å². The van der Waals surface area contributed by atoms with Crippen LogP contribution in [-0.2, 0) is 9.59 Å². The van der Waals surface area contributed by atoms with E-state index < -0.39 is 5.97 Å². The van der Waals surface area contributed by atoms with Gasteiger partial charge in [0.2, 0.25) is 5.91 Å². The predicted octanol–water partition coefficient (Wildman–Crippen LogP) is 3.18. The molecule has 5 nitrogen and oxygen atoms in total. The Balaban J connectivity index is 2.69. The Morgan fingerprint density at radius 1 is 1.40 bits per heavy atom. The van der Waals surface area contributed by atoms with Gasteiger partial charge in [-0.15, -0.1) is 0 Å². The van der Waals surface area contributed by atoms with Crippen LogP contribution in [0.15, 0.2) is 18.2 Å². The summed E-state index contributed by atoms with van der Waals surface area (Å²) in [6, 6.07) is 4.96. The highest BCUT2D eigenvalue weighted by Gasteiger charge is 2.14. The van der Waals surface area contributed by atoms with Crippen LogP contribution in [0.3, 0.4) is 0 Å². The number of anilines is 1. The SMILES string of the molecule is CCOc1ccc(Cl)cc1NC(=O)CC(C)CC(=O)O. The highest BCUT2D eigenvalue weighted by Crippen LogP contribution is 2.28. The fourth-order valence-corrected chi connectivity index (χ4v) is 1.94. The molecule has 0 aliphatic carbocycles. The third-order valence-corrected chi connectivity index (χ3v) is 2.81. The smallest absolute Gasteiger partial charge is 0.303 e. The van der Waals surface area contributed by atoms with E-state index in [4.69, 9.17) is 21.4 Å². The van der Waals surface area contributed by atoms with Crippen LogP contribution in [0, 0.1) is 5.92 Å². The third kappa shape index (κ3) is 5.48. The van der Waals surface area contributed by atoms with E-state index in [1.54, 1.807) is 25.1 Å². The van der Waals surface area contributed by atoms with Crippen molar-refractivity contribution in [3.8, 4) is 5.75 Å². The first kappa shape index (κ1) is 16.3. The summed E-state index contributed by atoms with van der Waals surface area (Å²) in [5.74, 6) is -0.872. The van der Waals surface area contributed by atoms with Gasteiger partial charge in [0.1, 0.15) is 5.75 Å². The number of carboxylic acid groups (broad SMARTS) is 1. The summed E-state index contributed by atoms with van der Waals surface area (Å²) in [5, 5.41) is 11.9. The van der Waals surface area contributed by atoms with Gasteiger partial charge in [-0.1, -0.05) is 18.5 Å². The molecule has 1 amide bonds. The van der Waals surface area contributed by atoms with E-state index in [1.165, 1.54) is 0 Å². The van der Waals surface area contributed by atoms with Crippen LogP contribution < -0.4 is 10.1 Å². The molecule has 6 heteroatoms. The number of ether oxygens (including phenoxy) is 1. The van der Waals surface area contributed by atoms with Crippen molar-refractivity contribution in [3.63, 3.8) is 0 Å². The van der Waals surface area contributed by atoms with E-state index in [2.05, 4.69) is 5.32 Å². The number of hydrogen-bond acceptors (Lipinski definition) is 3. The van der Waals surface area contributed by atoms with E-state index in [9.17, 15) is 9.59 Å². The maximum absolute atomic E-state index is 11.9. The topological polar surface area (TPSA) is 75.6 Å². The molecule has 1 unspecified atom stereocenters. The lowest BCUT2D eigenvalue weighted by Crippen LogP contribution is -2.17. The zero-order valence-electron chi connectivity index (χ0n) is 11.5. The van der Waals surface area contributed by atoms with Crippen molar-refractivity contribution in [2.24, 2.45) is 5.92 Å². The standard InChI is InChI=1S/C14H18ClNO4/c1-3-20-12-5-4-10(15)8-11(12)16-13(17)6-9(2)7-14(18)19/h4-5,8-9H,3,6-7H2,1-2H3,(H,16,17)(H,18,19). The molecule has 2 N–H and O–H groups in total. The molecule has 0 radical (unpaired) electrons. The molecule has 0 saturated carbocycles. The summed E-state index contributed by atoms with van der Waals surface area (Å²) >= 11 is 5.89. The van der Waals surface area contributed by atoms with Crippen molar-refractivity contribution in [3.05, 3.63) is 23.2 Å². The number of rotatable bonds is 7. The molecule has 0 aromatic heterocycles. The van der Waals surface area contributed by atoms with Gasteiger partial charge in [0.25, 0.3) is 0 Å². The summed E-state index contributed by atoms with van der Waals surface area (Å²) in [6.07, 6.45) is 0.0889. The van der Waals surface area contributed by atoms with Crippen LogP contribution in [0.25, 0.3) is 0 Å². The summed E-state index contributed by atoms with van der Waals surface area (Å²) in [6.45, 7) is 4.03. The van der Waals surface area contributed by atoms with Crippen molar-refractivity contribution in [2.75, 3.05) is 11.9 Å². The van der Waals surface area contributed by atoms with Gasteiger partial charge in [-0.05, 0) is 31.0 Å². The lowest BCUT2D eigenvalue weighted by atomic mass is 10.0. The lowest BCUT2D eigenvalue weighted by Gasteiger charge is -2.13. The first-order valence-corrected chi connectivity index (χ1v) is 6.74. The fourth-order valence-electron chi connectivity index (χ4n) is 1.77. The van der Waals surface area contributed by atoms with Gasteiger partial charge in [0, 0.05) is 17.9 Å². The number of carbonyl (C=O) groups is 2. The zero-order valence-corrected chi connectivity index (χ0v) is 12.2. The fraction of sp³-hybridized carbons (Fsp3) is 0.429. The molecule has 20 heavy (non-hydrogen) atoms. The molecule has 1 rings (SSSR count). The molecule has 0 aliphatic heterocycles. The quantitative estimate of drug-likeness (QED) is 0.811. The number of nitrogens with one attached hydrogen (secondary N) is 1. The first-order chi connectivity index (χ1) is 9.42. The van der Waals surface area contributed by atoms with Gasteiger partial charge < -0.3 is 15.2 Å². The van der Waals surface area contributed by atoms with Crippen LogP contribution in [0.5, 0.6) is 5.75 Å². The van der Waals surface area contributed by atoms with E-state index >= 15 is 0 Å². The molecule has 0 saturated heterocycles. The summed E-state index contributed by atoms with van der Waals surface area (Å²) in [4.78, 5) is 22.4. The summed E-state index contributed by atoms with van der Waals surface area (Å²) in [7, 11) is 0. The molecular formula is C14H18ClNO4. The number of benzene rings is 1. The zero-order chi connectivity index (χ0) is 15.1. The van der Waals surface area contributed by atoms with Crippen LogP contribution in [0.1, 0.15) is 26.7 Å². The molecule has 110 valence electrons. The van der Waals surface area contributed by atoms with Gasteiger partial charge in [-0.2, -0.15) is 0 Å². The molecule has 1 atom stereocenters. The second kappa shape index (κ2) is 7.75. The summed E-state index contributed by atoms with van der Waals surface area (Å²) in [5.41, 5.74) is 0.492. The van der Waals surface area contributed by atoms with Crippen molar-refractivity contribution >= 4 is 29.2 Å². The maximum atomic E-state index is 11.9. The van der Waals surface area contributed by atoms with E-state index in [0.717, 1.165) is 0 Å². The molecular weight excluding hydrogens is 282 g/mol. The second-order valence-electron chi connectivity index (χ2n) is 4.53. The monoisotopic (exact) mass is 299 g/mol. The Labute approximate surface area is 122 Å². The average molecular weight is 300 g/mol. The average Bonchev–Trinajstić information content (AvgIpc) is 2.31. The molecule has 1 aromatic rings. The Morgan fingerprint density at radius 2 is 2.10 bits per heavy atom. The van der Waals surface area contributed by atoms with Crippen molar-refractivity contribution in [2.45, 2.75) is 26.7 Å². The minimum Gasteiger partial charge on any atom is -0.492 e. The highest BCUT2D eigenvalue weighted by atomic mass is 35.5. The third-order valence-electron chi connectivity index (χ3n) is 2.57. The highest BCUT2D eigenvalue weighted by molar-refractivity contribution is 6.31. The Hall–Kier alpha value is -1.75. The number of aliphatic carboxylic acids is 1. The van der Waals surface area contributed by atoms with Crippen LogP contribution in [0.4, 0.5) is 5.69 Å². The second-order valence-corrected chi connectivity index (χ2v) is 4.97. The maximum Gasteiger partial charge on any atom is 0.303 e. The summed E-state index contributed by atoms with van der Waals surface area (Å²) < 4.78 is 5.39. The Bertz CT molecular complexity index is 490. The minimum absolute atomic E-state index is 0.0404. The van der Waals surface area contributed by atoms with Gasteiger partial charge >= 0.3 is 5.97 Å². The Kier molecular flexibility index (Phi) is 6.31. The molecule has 0 aliphatic rings. The molecule has 1 aromatic carbocycles. The normalized spacial score (nSPS) is 11.8. The molecule has 0 bridgehead atoms.